The van der Waals surface area contributed by atoms with E-state index < -0.39 is 10.2 Å². The Hall–Kier alpha value is -1.02. The third kappa shape index (κ3) is 4.00. The standard InChI is InChI=1S/C14H24N4O2S/c1-12-4-3-5-14(16-12)11-17(2)21(19,20)18-8-6-13(10-15)7-9-18/h3-5,13H,6-11,15H2,1-2H3. The van der Waals surface area contributed by atoms with Crippen molar-refractivity contribution in [3.05, 3.63) is 29.6 Å². The van der Waals surface area contributed by atoms with Crippen LogP contribution in [-0.4, -0.2) is 48.7 Å². The molecule has 7 heteroatoms. The van der Waals surface area contributed by atoms with Gasteiger partial charge in [0.1, 0.15) is 0 Å². The highest BCUT2D eigenvalue weighted by atomic mass is 32.2. The van der Waals surface area contributed by atoms with Gasteiger partial charge >= 0.3 is 0 Å². The van der Waals surface area contributed by atoms with Crippen molar-refractivity contribution in [1.29, 1.82) is 0 Å². The zero-order chi connectivity index (χ0) is 15.5. The lowest BCUT2D eigenvalue weighted by molar-refractivity contribution is 0.261. The first-order chi connectivity index (χ1) is 9.93. The summed E-state index contributed by atoms with van der Waals surface area (Å²) in [5.74, 6) is 0.445. The van der Waals surface area contributed by atoms with Crippen LogP contribution in [0.2, 0.25) is 0 Å². The molecule has 2 heterocycles. The fourth-order valence-corrected chi connectivity index (χ4v) is 3.93. The van der Waals surface area contributed by atoms with Gasteiger partial charge in [-0.2, -0.15) is 17.0 Å². The molecule has 0 bridgehead atoms. The first kappa shape index (κ1) is 16.4. The second kappa shape index (κ2) is 6.83. The van der Waals surface area contributed by atoms with Gasteiger partial charge in [-0.1, -0.05) is 6.07 Å². The number of nitrogens with zero attached hydrogens (tertiary/aromatic N) is 3. The van der Waals surface area contributed by atoms with Gasteiger partial charge in [-0.15, -0.1) is 0 Å². The number of piperidine rings is 1. The lowest BCUT2D eigenvalue weighted by Gasteiger charge is -2.33. The molecule has 1 aromatic heterocycles. The van der Waals surface area contributed by atoms with Crippen LogP contribution in [0.25, 0.3) is 0 Å². The third-order valence-corrected chi connectivity index (χ3v) is 5.89. The molecular formula is C14H24N4O2S. The molecule has 6 nitrogen and oxygen atoms in total. The summed E-state index contributed by atoms with van der Waals surface area (Å²) in [4.78, 5) is 4.36. The van der Waals surface area contributed by atoms with Gasteiger partial charge < -0.3 is 5.73 Å². The van der Waals surface area contributed by atoms with Crippen LogP contribution in [0.3, 0.4) is 0 Å². The number of hydrogen-bond acceptors (Lipinski definition) is 4. The fraction of sp³-hybridized carbons (Fsp3) is 0.643. The van der Waals surface area contributed by atoms with Crippen LogP contribution in [0.15, 0.2) is 18.2 Å². The summed E-state index contributed by atoms with van der Waals surface area (Å²) in [5.41, 5.74) is 7.30. The zero-order valence-electron chi connectivity index (χ0n) is 12.7. The van der Waals surface area contributed by atoms with Crippen molar-refractivity contribution in [3.8, 4) is 0 Å². The molecular weight excluding hydrogens is 288 g/mol. The van der Waals surface area contributed by atoms with Crippen molar-refractivity contribution >= 4 is 10.2 Å². The SMILES string of the molecule is Cc1cccc(CN(C)S(=O)(=O)N2CCC(CN)CC2)n1. The van der Waals surface area contributed by atoms with Gasteiger partial charge in [0.05, 0.1) is 12.2 Å². The fourth-order valence-electron chi connectivity index (χ4n) is 2.57. The van der Waals surface area contributed by atoms with E-state index in [2.05, 4.69) is 4.98 Å². The Labute approximate surface area is 127 Å². The maximum absolute atomic E-state index is 12.6. The molecule has 2 N–H and O–H groups in total. The summed E-state index contributed by atoms with van der Waals surface area (Å²) in [7, 11) is -1.81. The van der Waals surface area contributed by atoms with Crippen LogP contribution >= 0.6 is 0 Å². The van der Waals surface area contributed by atoms with Crippen LogP contribution < -0.4 is 5.73 Å². The Morgan fingerprint density at radius 3 is 2.62 bits per heavy atom. The Morgan fingerprint density at radius 2 is 2.05 bits per heavy atom. The number of hydrogen-bond donors (Lipinski definition) is 1. The first-order valence-corrected chi connectivity index (χ1v) is 8.67. The second-order valence-electron chi connectivity index (χ2n) is 5.61. The Bertz CT molecular complexity index is 568. The smallest absolute Gasteiger partial charge is 0.282 e. The lowest BCUT2D eigenvalue weighted by Crippen LogP contribution is -2.46. The predicted molar refractivity (Wildman–Crippen MR) is 82.7 cm³/mol. The molecule has 0 unspecified atom stereocenters. The van der Waals surface area contributed by atoms with Crippen molar-refractivity contribution in [2.45, 2.75) is 26.3 Å². The average Bonchev–Trinajstić information content (AvgIpc) is 2.47. The average molecular weight is 312 g/mol. The Kier molecular flexibility index (Phi) is 5.32. The summed E-state index contributed by atoms with van der Waals surface area (Å²) in [6.45, 7) is 3.93. The number of pyridine rings is 1. The normalized spacial score (nSPS) is 18.3. The summed E-state index contributed by atoms with van der Waals surface area (Å²) in [6.07, 6.45) is 1.68. The number of nitrogens with two attached hydrogens (primary N) is 1. The highest BCUT2D eigenvalue weighted by Crippen LogP contribution is 2.20. The van der Waals surface area contributed by atoms with E-state index in [4.69, 9.17) is 5.73 Å². The summed E-state index contributed by atoms with van der Waals surface area (Å²) < 4.78 is 28.0. The molecule has 2 rings (SSSR count). The lowest BCUT2D eigenvalue weighted by atomic mass is 9.99. The van der Waals surface area contributed by atoms with Crippen molar-refractivity contribution in [2.24, 2.45) is 11.7 Å². The van der Waals surface area contributed by atoms with Gasteiger partial charge in [0.15, 0.2) is 0 Å². The largest absolute Gasteiger partial charge is 0.330 e. The Balaban J connectivity index is 2.02. The number of aromatic nitrogens is 1. The highest BCUT2D eigenvalue weighted by Gasteiger charge is 2.30. The van der Waals surface area contributed by atoms with Crippen molar-refractivity contribution < 1.29 is 8.42 Å². The van der Waals surface area contributed by atoms with Crippen LogP contribution in [0.4, 0.5) is 0 Å². The Morgan fingerprint density at radius 1 is 1.38 bits per heavy atom. The minimum atomic E-state index is -3.42. The molecule has 0 aromatic carbocycles. The van der Waals surface area contributed by atoms with E-state index in [1.807, 2.05) is 25.1 Å². The van der Waals surface area contributed by atoms with Crippen LogP contribution in [0, 0.1) is 12.8 Å². The molecule has 21 heavy (non-hydrogen) atoms. The molecule has 0 spiro atoms. The molecule has 0 radical (unpaired) electrons. The molecule has 0 aliphatic carbocycles. The van der Waals surface area contributed by atoms with Gasteiger partial charge in [0, 0.05) is 25.8 Å². The maximum Gasteiger partial charge on any atom is 0.282 e. The van der Waals surface area contributed by atoms with E-state index >= 15 is 0 Å². The first-order valence-electron chi connectivity index (χ1n) is 7.27. The minimum Gasteiger partial charge on any atom is -0.330 e. The highest BCUT2D eigenvalue weighted by molar-refractivity contribution is 7.86. The zero-order valence-corrected chi connectivity index (χ0v) is 13.5. The van der Waals surface area contributed by atoms with E-state index in [1.165, 1.54) is 4.31 Å². The van der Waals surface area contributed by atoms with E-state index in [0.29, 0.717) is 32.1 Å². The van der Waals surface area contributed by atoms with Crippen LogP contribution in [0.1, 0.15) is 24.2 Å². The molecule has 118 valence electrons. The van der Waals surface area contributed by atoms with Crippen molar-refractivity contribution in [1.82, 2.24) is 13.6 Å². The minimum absolute atomic E-state index is 0.292. The topological polar surface area (TPSA) is 79.5 Å². The monoisotopic (exact) mass is 312 g/mol. The molecule has 1 aromatic rings. The molecule has 0 amide bonds. The van der Waals surface area contributed by atoms with E-state index in [1.54, 1.807) is 11.4 Å². The van der Waals surface area contributed by atoms with E-state index in [0.717, 1.165) is 24.2 Å². The van der Waals surface area contributed by atoms with Gasteiger partial charge in [0.25, 0.3) is 10.2 Å². The van der Waals surface area contributed by atoms with Crippen LogP contribution in [-0.2, 0) is 16.8 Å². The number of aryl methyl sites for hydroxylation is 1. The van der Waals surface area contributed by atoms with Gasteiger partial charge in [-0.3, -0.25) is 4.98 Å². The van der Waals surface area contributed by atoms with Crippen LogP contribution in [0.5, 0.6) is 0 Å². The van der Waals surface area contributed by atoms with Crippen molar-refractivity contribution in [2.75, 3.05) is 26.7 Å². The van der Waals surface area contributed by atoms with Crippen molar-refractivity contribution in [3.63, 3.8) is 0 Å². The second-order valence-corrected chi connectivity index (χ2v) is 7.65. The molecule has 1 fully saturated rings. The maximum atomic E-state index is 12.6. The molecule has 0 atom stereocenters. The third-order valence-electron chi connectivity index (χ3n) is 3.96. The number of rotatable bonds is 5. The van der Waals surface area contributed by atoms with E-state index in [9.17, 15) is 8.42 Å². The predicted octanol–water partition coefficient (Wildman–Crippen LogP) is 0.737. The molecule has 0 saturated carbocycles. The van der Waals surface area contributed by atoms with Gasteiger partial charge in [-0.05, 0) is 44.4 Å². The summed E-state index contributed by atoms with van der Waals surface area (Å²) >= 11 is 0. The molecule has 1 aliphatic heterocycles. The quantitative estimate of drug-likeness (QED) is 0.869. The summed E-state index contributed by atoms with van der Waals surface area (Å²) in [5, 5.41) is 0. The van der Waals surface area contributed by atoms with Gasteiger partial charge in [0.2, 0.25) is 0 Å². The van der Waals surface area contributed by atoms with E-state index in [-0.39, 0.29) is 0 Å². The van der Waals surface area contributed by atoms with Gasteiger partial charge in [-0.25, -0.2) is 0 Å². The summed E-state index contributed by atoms with van der Waals surface area (Å²) in [6, 6.07) is 5.64. The molecule has 1 aliphatic rings. The molecule has 1 saturated heterocycles.